The van der Waals surface area contributed by atoms with Crippen molar-refractivity contribution < 1.29 is 4.79 Å². The molecule has 0 aliphatic carbocycles. The van der Waals surface area contributed by atoms with Crippen LogP contribution in [-0.4, -0.2) is 6.29 Å². The highest BCUT2D eigenvalue weighted by Crippen LogP contribution is 1.98. The zero-order valence-electron chi connectivity index (χ0n) is 6.96. The predicted molar refractivity (Wildman–Crippen MR) is 48.5 cm³/mol. The van der Waals surface area contributed by atoms with E-state index in [1.54, 1.807) is 0 Å². The molecule has 11 heavy (non-hydrogen) atoms. The lowest BCUT2D eigenvalue weighted by molar-refractivity contribution is -0.107. The van der Waals surface area contributed by atoms with Crippen LogP contribution in [0.1, 0.15) is 32.1 Å². The van der Waals surface area contributed by atoms with Crippen LogP contribution >= 0.6 is 0 Å². The Morgan fingerprint density at radius 1 is 1.00 bits per heavy atom. The quantitative estimate of drug-likeness (QED) is 0.311. The normalized spacial score (nSPS) is 10.2. The lowest BCUT2D eigenvalue weighted by Crippen LogP contribution is -1.71. The van der Waals surface area contributed by atoms with Gasteiger partial charge in [0.05, 0.1) is 0 Å². The van der Waals surface area contributed by atoms with Crippen LogP contribution in [0.15, 0.2) is 24.8 Å². The summed E-state index contributed by atoms with van der Waals surface area (Å²) in [5.41, 5.74) is 0. The number of carbonyl (C=O) groups excluding carboxylic acids is 1. The Morgan fingerprint density at radius 3 is 2.36 bits per heavy atom. The van der Waals surface area contributed by atoms with Crippen molar-refractivity contribution in [1.29, 1.82) is 0 Å². The van der Waals surface area contributed by atoms with Crippen LogP contribution in [0.5, 0.6) is 0 Å². The van der Waals surface area contributed by atoms with Crippen molar-refractivity contribution in [3.8, 4) is 0 Å². The Kier molecular flexibility index (Phi) is 8.44. The van der Waals surface area contributed by atoms with Crippen molar-refractivity contribution in [3.63, 3.8) is 0 Å². The molecule has 0 radical (unpaired) electrons. The van der Waals surface area contributed by atoms with E-state index in [1.165, 1.54) is 6.42 Å². The van der Waals surface area contributed by atoms with Crippen molar-refractivity contribution in [1.82, 2.24) is 0 Å². The van der Waals surface area contributed by atoms with E-state index in [9.17, 15) is 4.79 Å². The number of unbranched alkanes of at least 4 members (excludes halogenated alkanes) is 3. The fourth-order valence-electron chi connectivity index (χ4n) is 0.780. The highest BCUT2D eigenvalue weighted by atomic mass is 16.1. The molecule has 0 amide bonds. The summed E-state index contributed by atoms with van der Waals surface area (Å²) < 4.78 is 0. The summed E-state index contributed by atoms with van der Waals surface area (Å²) in [7, 11) is 0. The van der Waals surface area contributed by atoms with Gasteiger partial charge in [0.25, 0.3) is 0 Å². The Bertz CT molecular complexity index is 125. The molecule has 0 atom stereocenters. The summed E-state index contributed by atoms with van der Waals surface area (Å²) >= 11 is 0. The molecule has 0 aromatic heterocycles. The van der Waals surface area contributed by atoms with E-state index in [0.717, 1.165) is 25.5 Å². The van der Waals surface area contributed by atoms with Gasteiger partial charge in [-0.3, -0.25) is 0 Å². The number of rotatable bonds is 7. The van der Waals surface area contributed by atoms with Crippen LogP contribution in [0.2, 0.25) is 0 Å². The third-order valence-electron chi connectivity index (χ3n) is 1.40. The largest absolute Gasteiger partial charge is 0.303 e. The van der Waals surface area contributed by atoms with Gasteiger partial charge in [-0.05, 0) is 25.7 Å². The van der Waals surface area contributed by atoms with Gasteiger partial charge >= 0.3 is 0 Å². The number of hydrogen-bond donors (Lipinski definition) is 0. The Labute approximate surface area is 68.8 Å². The first-order chi connectivity index (χ1) is 5.41. The van der Waals surface area contributed by atoms with Crippen molar-refractivity contribution >= 4 is 6.29 Å². The second-order valence-electron chi connectivity index (χ2n) is 2.44. The third kappa shape index (κ3) is 9.15. The summed E-state index contributed by atoms with van der Waals surface area (Å²) in [6.45, 7) is 3.64. The second-order valence-corrected chi connectivity index (χ2v) is 2.44. The Balaban J connectivity index is 3.02. The third-order valence-corrected chi connectivity index (χ3v) is 1.40. The zero-order valence-corrected chi connectivity index (χ0v) is 6.96. The smallest absolute Gasteiger partial charge is 0.120 e. The molecule has 0 heterocycles. The minimum atomic E-state index is 0.651. The van der Waals surface area contributed by atoms with Crippen LogP contribution in [0.25, 0.3) is 0 Å². The molecule has 0 aliphatic rings. The SMILES string of the molecule is C=CCCCC=CCCC=O. The van der Waals surface area contributed by atoms with Crippen LogP contribution in [0, 0.1) is 0 Å². The molecule has 1 nitrogen and oxygen atoms in total. The molecule has 0 aromatic carbocycles. The fourth-order valence-corrected chi connectivity index (χ4v) is 0.780. The van der Waals surface area contributed by atoms with Gasteiger partial charge in [0.1, 0.15) is 6.29 Å². The summed E-state index contributed by atoms with van der Waals surface area (Å²) in [5.74, 6) is 0. The molecule has 0 spiro atoms. The van der Waals surface area contributed by atoms with Gasteiger partial charge in [-0.1, -0.05) is 18.2 Å². The molecule has 0 rings (SSSR count). The maximum atomic E-state index is 9.89. The minimum absolute atomic E-state index is 0.651. The number of aldehydes is 1. The molecule has 0 N–H and O–H groups in total. The van der Waals surface area contributed by atoms with E-state index >= 15 is 0 Å². The molecule has 0 unspecified atom stereocenters. The zero-order chi connectivity index (χ0) is 8.36. The fraction of sp³-hybridized carbons (Fsp3) is 0.500. The van der Waals surface area contributed by atoms with Gasteiger partial charge < -0.3 is 4.79 Å². The lowest BCUT2D eigenvalue weighted by Gasteiger charge is -1.88. The summed E-state index contributed by atoms with van der Waals surface area (Å²) in [5, 5.41) is 0. The van der Waals surface area contributed by atoms with Gasteiger partial charge in [-0.2, -0.15) is 0 Å². The molecule has 0 bridgehead atoms. The van der Waals surface area contributed by atoms with E-state index in [4.69, 9.17) is 0 Å². The highest BCUT2D eigenvalue weighted by molar-refractivity contribution is 5.49. The first-order valence-electron chi connectivity index (χ1n) is 4.11. The van der Waals surface area contributed by atoms with Gasteiger partial charge in [0.15, 0.2) is 0 Å². The number of allylic oxidation sites excluding steroid dienone is 3. The molecular weight excluding hydrogens is 136 g/mol. The average molecular weight is 152 g/mol. The van der Waals surface area contributed by atoms with Gasteiger partial charge in [-0.15, -0.1) is 6.58 Å². The maximum absolute atomic E-state index is 9.89. The lowest BCUT2D eigenvalue weighted by atomic mass is 10.2. The van der Waals surface area contributed by atoms with Crippen molar-refractivity contribution in [2.75, 3.05) is 0 Å². The van der Waals surface area contributed by atoms with Crippen LogP contribution in [-0.2, 0) is 4.79 Å². The van der Waals surface area contributed by atoms with Crippen molar-refractivity contribution in [3.05, 3.63) is 24.8 Å². The van der Waals surface area contributed by atoms with Crippen LogP contribution in [0.3, 0.4) is 0 Å². The highest BCUT2D eigenvalue weighted by Gasteiger charge is 1.79. The molecule has 1 heteroatoms. The standard InChI is InChI=1S/C10H16O/c1-2-3-4-5-6-7-8-9-10-11/h2,6-7,10H,1,3-5,8-9H2. The van der Waals surface area contributed by atoms with Gasteiger partial charge in [0.2, 0.25) is 0 Å². The maximum Gasteiger partial charge on any atom is 0.120 e. The molecule has 0 fully saturated rings. The van der Waals surface area contributed by atoms with E-state index in [-0.39, 0.29) is 0 Å². The molecule has 0 aliphatic heterocycles. The summed E-state index contributed by atoms with van der Waals surface area (Å²) in [6.07, 6.45) is 12.0. The van der Waals surface area contributed by atoms with Gasteiger partial charge in [-0.25, -0.2) is 0 Å². The first-order valence-corrected chi connectivity index (χ1v) is 4.11. The minimum Gasteiger partial charge on any atom is -0.303 e. The van der Waals surface area contributed by atoms with E-state index in [1.807, 2.05) is 6.08 Å². The first kappa shape index (κ1) is 10.2. The molecule has 0 saturated carbocycles. The van der Waals surface area contributed by atoms with Crippen LogP contribution in [0.4, 0.5) is 0 Å². The number of hydrogen-bond acceptors (Lipinski definition) is 1. The van der Waals surface area contributed by atoms with Crippen molar-refractivity contribution in [2.24, 2.45) is 0 Å². The topological polar surface area (TPSA) is 17.1 Å². The van der Waals surface area contributed by atoms with E-state index in [0.29, 0.717) is 6.42 Å². The van der Waals surface area contributed by atoms with E-state index in [2.05, 4.69) is 18.7 Å². The molecule has 0 saturated heterocycles. The molecule has 0 aromatic rings. The number of carbonyl (C=O) groups is 1. The Hall–Kier alpha value is -0.850. The summed E-state index contributed by atoms with van der Waals surface area (Å²) in [6, 6.07) is 0. The summed E-state index contributed by atoms with van der Waals surface area (Å²) in [4.78, 5) is 9.89. The predicted octanol–water partition coefficient (Wildman–Crippen LogP) is 2.88. The monoisotopic (exact) mass is 152 g/mol. The Morgan fingerprint density at radius 2 is 1.73 bits per heavy atom. The van der Waals surface area contributed by atoms with Crippen LogP contribution < -0.4 is 0 Å². The second kappa shape index (κ2) is 9.15. The molecular formula is C10H16O. The van der Waals surface area contributed by atoms with Crippen molar-refractivity contribution in [2.45, 2.75) is 32.1 Å². The van der Waals surface area contributed by atoms with E-state index < -0.39 is 0 Å². The van der Waals surface area contributed by atoms with Gasteiger partial charge in [0, 0.05) is 6.42 Å². The molecule has 62 valence electrons. The average Bonchev–Trinajstić information content (AvgIpc) is 2.03.